The zero-order valence-corrected chi connectivity index (χ0v) is 10.9. The molecule has 0 aromatic rings. The molecule has 5 heteroatoms. The molecule has 0 aromatic carbocycles. The Balaban J connectivity index is 2.69. The van der Waals surface area contributed by atoms with E-state index in [9.17, 15) is 8.78 Å². The van der Waals surface area contributed by atoms with Crippen molar-refractivity contribution in [2.45, 2.75) is 26.2 Å². The van der Waals surface area contributed by atoms with Crippen LogP contribution in [0.1, 0.15) is 20.3 Å². The smallest absolute Gasteiger partial charge is 0.286 e. The number of ether oxygens (including phenoxy) is 1. The molecule has 1 heterocycles. The summed E-state index contributed by atoms with van der Waals surface area (Å²) in [5.41, 5.74) is -0.261. The number of rotatable bonds is 4. The number of alkyl halides is 2. The van der Waals surface area contributed by atoms with Gasteiger partial charge in [0.2, 0.25) is 0 Å². The van der Waals surface area contributed by atoms with Crippen molar-refractivity contribution < 1.29 is 13.5 Å². The standard InChI is InChI=1S/C14H16F2N2O/c1-4-5-9-17-11(2)19-12-7-6-8-13(18-10-12)14(3,15)16/h4-5,7-10H,1,6H2,2-3H3/b9-5-,17-11?. The maximum Gasteiger partial charge on any atom is 0.286 e. The summed E-state index contributed by atoms with van der Waals surface area (Å²) in [5, 5.41) is 0. The fourth-order valence-corrected chi connectivity index (χ4v) is 1.29. The van der Waals surface area contributed by atoms with Crippen molar-refractivity contribution in [2.24, 2.45) is 9.98 Å². The van der Waals surface area contributed by atoms with Gasteiger partial charge in [0, 0.05) is 20.0 Å². The normalized spacial score (nSPS) is 16.9. The van der Waals surface area contributed by atoms with Crippen LogP contribution in [-0.2, 0) is 4.74 Å². The van der Waals surface area contributed by atoms with Crippen LogP contribution in [0, 0.1) is 0 Å². The van der Waals surface area contributed by atoms with Gasteiger partial charge < -0.3 is 4.74 Å². The molecule has 1 aliphatic heterocycles. The van der Waals surface area contributed by atoms with Gasteiger partial charge in [-0.3, -0.25) is 4.99 Å². The number of aliphatic imine (C=N–C) groups is 2. The van der Waals surface area contributed by atoms with Crippen molar-refractivity contribution in [3.63, 3.8) is 0 Å². The van der Waals surface area contributed by atoms with Gasteiger partial charge in [0.05, 0.1) is 6.21 Å². The van der Waals surface area contributed by atoms with E-state index in [1.807, 2.05) is 0 Å². The topological polar surface area (TPSA) is 34.0 Å². The van der Waals surface area contributed by atoms with Crippen molar-refractivity contribution in [1.29, 1.82) is 0 Å². The van der Waals surface area contributed by atoms with Crippen LogP contribution in [0.3, 0.4) is 0 Å². The molecule has 19 heavy (non-hydrogen) atoms. The van der Waals surface area contributed by atoms with Crippen LogP contribution in [0.5, 0.6) is 0 Å². The van der Waals surface area contributed by atoms with Crippen LogP contribution in [0.15, 0.2) is 58.5 Å². The monoisotopic (exact) mass is 266 g/mol. The van der Waals surface area contributed by atoms with E-state index < -0.39 is 5.92 Å². The van der Waals surface area contributed by atoms with Gasteiger partial charge in [0.25, 0.3) is 5.92 Å². The first kappa shape index (κ1) is 15.0. The lowest BCUT2D eigenvalue weighted by atomic mass is 10.2. The molecular formula is C14H16F2N2O. The minimum absolute atomic E-state index is 0.261. The second kappa shape index (κ2) is 6.78. The SMILES string of the molecule is C=C/C=C\N=C(C)OC1=CCC=C(C(C)(F)F)N=C1. The Hall–Kier alpha value is -2.04. The summed E-state index contributed by atoms with van der Waals surface area (Å²) in [6.07, 6.45) is 9.41. The largest absolute Gasteiger partial charge is 0.442 e. The molecule has 1 aliphatic rings. The van der Waals surface area contributed by atoms with Crippen LogP contribution in [0.2, 0.25) is 0 Å². The van der Waals surface area contributed by atoms with Crippen molar-refractivity contribution in [1.82, 2.24) is 0 Å². The predicted molar refractivity (Wildman–Crippen MR) is 73.4 cm³/mol. The van der Waals surface area contributed by atoms with Gasteiger partial charge in [0.15, 0.2) is 5.90 Å². The lowest BCUT2D eigenvalue weighted by Gasteiger charge is -2.09. The second-order valence-corrected chi connectivity index (χ2v) is 3.91. The highest BCUT2D eigenvalue weighted by atomic mass is 19.3. The fourth-order valence-electron chi connectivity index (χ4n) is 1.29. The lowest BCUT2D eigenvalue weighted by Crippen LogP contribution is -2.12. The van der Waals surface area contributed by atoms with Crippen LogP contribution < -0.4 is 0 Å². The summed E-state index contributed by atoms with van der Waals surface area (Å²) in [7, 11) is 0. The Labute approximate surface area is 111 Å². The molecule has 0 atom stereocenters. The van der Waals surface area contributed by atoms with Crippen molar-refractivity contribution >= 4 is 12.1 Å². The summed E-state index contributed by atoms with van der Waals surface area (Å²) in [6.45, 7) is 5.99. The number of halogens is 2. The molecule has 0 unspecified atom stereocenters. The minimum Gasteiger partial charge on any atom is -0.442 e. The van der Waals surface area contributed by atoms with Crippen LogP contribution in [-0.4, -0.2) is 18.0 Å². The Morgan fingerprint density at radius 1 is 1.53 bits per heavy atom. The van der Waals surface area contributed by atoms with E-state index >= 15 is 0 Å². The van der Waals surface area contributed by atoms with Gasteiger partial charge in [-0.2, -0.15) is 8.78 Å². The number of nitrogens with zero attached hydrogens (tertiary/aromatic N) is 2. The Morgan fingerprint density at radius 3 is 2.89 bits per heavy atom. The van der Waals surface area contributed by atoms with E-state index in [1.165, 1.54) is 18.5 Å². The molecule has 0 saturated carbocycles. The van der Waals surface area contributed by atoms with Crippen molar-refractivity contribution in [3.8, 4) is 0 Å². The third kappa shape index (κ3) is 5.42. The average molecular weight is 266 g/mol. The van der Waals surface area contributed by atoms with Gasteiger partial charge in [0.1, 0.15) is 11.5 Å². The zero-order valence-electron chi connectivity index (χ0n) is 10.9. The molecule has 0 aromatic heterocycles. The predicted octanol–water partition coefficient (Wildman–Crippen LogP) is 4.02. The van der Waals surface area contributed by atoms with Crippen molar-refractivity contribution in [3.05, 3.63) is 48.5 Å². The Bertz CT molecular complexity index is 480. The molecule has 0 aliphatic carbocycles. The number of allylic oxidation sites excluding steroid dienone is 6. The van der Waals surface area contributed by atoms with Crippen molar-refractivity contribution in [2.75, 3.05) is 0 Å². The van der Waals surface area contributed by atoms with Gasteiger partial charge in [-0.15, -0.1) is 0 Å². The van der Waals surface area contributed by atoms with Gasteiger partial charge in [-0.1, -0.05) is 18.7 Å². The molecule has 0 spiro atoms. The maximum absolute atomic E-state index is 13.1. The van der Waals surface area contributed by atoms with Crippen LogP contribution >= 0.6 is 0 Å². The highest BCUT2D eigenvalue weighted by Crippen LogP contribution is 2.25. The number of hydrogen-bond acceptors (Lipinski definition) is 3. The van der Waals surface area contributed by atoms with Gasteiger partial charge in [-0.25, -0.2) is 4.99 Å². The highest BCUT2D eigenvalue weighted by molar-refractivity contribution is 5.84. The third-order valence-electron chi connectivity index (χ3n) is 2.15. The highest BCUT2D eigenvalue weighted by Gasteiger charge is 2.27. The average Bonchev–Trinajstić information content (AvgIpc) is 2.54. The minimum atomic E-state index is -2.95. The van der Waals surface area contributed by atoms with E-state index in [0.29, 0.717) is 18.1 Å². The molecule has 0 N–H and O–H groups in total. The summed E-state index contributed by atoms with van der Waals surface area (Å²) < 4.78 is 31.6. The summed E-state index contributed by atoms with van der Waals surface area (Å²) in [6, 6.07) is 0. The molecule has 0 bridgehead atoms. The van der Waals surface area contributed by atoms with Gasteiger partial charge in [-0.05, 0) is 18.6 Å². The molecular weight excluding hydrogens is 250 g/mol. The molecule has 0 fully saturated rings. The summed E-state index contributed by atoms with van der Waals surface area (Å²) in [4.78, 5) is 7.71. The zero-order chi connectivity index (χ0) is 14.3. The quantitative estimate of drug-likeness (QED) is 0.430. The van der Waals surface area contributed by atoms with E-state index in [0.717, 1.165) is 6.92 Å². The molecule has 0 radical (unpaired) electrons. The van der Waals surface area contributed by atoms with E-state index in [2.05, 4.69) is 16.6 Å². The second-order valence-electron chi connectivity index (χ2n) is 3.91. The molecule has 0 saturated heterocycles. The van der Waals surface area contributed by atoms with Crippen LogP contribution in [0.25, 0.3) is 0 Å². The maximum atomic E-state index is 13.1. The lowest BCUT2D eigenvalue weighted by molar-refractivity contribution is 0.0620. The Kier molecular flexibility index (Phi) is 5.36. The first-order valence-electron chi connectivity index (χ1n) is 5.76. The first-order valence-corrected chi connectivity index (χ1v) is 5.76. The molecule has 102 valence electrons. The fraction of sp³-hybridized carbons (Fsp3) is 0.286. The number of hydrogen-bond donors (Lipinski definition) is 0. The third-order valence-corrected chi connectivity index (χ3v) is 2.15. The Morgan fingerprint density at radius 2 is 2.26 bits per heavy atom. The summed E-state index contributed by atoms with van der Waals surface area (Å²) in [5.74, 6) is -2.17. The first-order chi connectivity index (χ1) is 8.93. The van der Waals surface area contributed by atoms with E-state index in [-0.39, 0.29) is 5.70 Å². The molecule has 1 rings (SSSR count). The van der Waals surface area contributed by atoms with Gasteiger partial charge >= 0.3 is 0 Å². The molecule has 0 amide bonds. The molecule has 3 nitrogen and oxygen atoms in total. The van der Waals surface area contributed by atoms with E-state index in [1.54, 1.807) is 25.2 Å². The summed E-state index contributed by atoms with van der Waals surface area (Å²) >= 11 is 0. The van der Waals surface area contributed by atoms with Crippen LogP contribution in [0.4, 0.5) is 8.78 Å². The van der Waals surface area contributed by atoms with E-state index in [4.69, 9.17) is 4.74 Å².